The predicted molar refractivity (Wildman–Crippen MR) is 112 cm³/mol. The summed E-state index contributed by atoms with van der Waals surface area (Å²) in [4.78, 5) is 17.1. The standard InChI is InChI=1S/C22H29N3O2.ClH/c1-14-5-7-15(8-6-14)22-25-19(13-27-22)9-10-24-21(26)18-11-16-3-2-4-17(12-18)20(16)23;/h5-8,13,16-18,20H,2-4,9-12,23H2,1H3,(H,24,26);1H. The Morgan fingerprint density at radius 2 is 1.89 bits per heavy atom. The first-order valence-corrected chi connectivity index (χ1v) is 10.1. The number of aryl methyl sites for hydroxylation is 1. The third-order valence-electron chi connectivity index (χ3n) is 6.31. The van der Waals surface area contributed by atoms with E-state index in [-0.39, 0.29) is 24.2 Å². The van der Waals surface area contributed by atoms with Gasteiger partial charge in [-0.15, -0.1) is 12.4 Å². The molecule has 1 aromatic heterocycles. The average molecular weight is 404 g/mol. The van der Waals surface area contributed by atoms with Gasteiger partial charge in [-0.1, -0.05) is 24.1 Å². The minimum Gasteiger partial charge on any atom is -0.444 e. The number of carbonyl (C=O) groups is 1. The predicted octanol–water partition coefficient (Wildman–Crippen LogP) is 3.88. The highest BCUT2D eigenvalue weighted by atomic mass is 35.5. The van der Waals surface area contributed by atoms with Gasteiger partial charge in [0.25, 0.3) is 0 Å². The molecule has 0 spiro atoms. The molecule has 4 rings (SSSR count). The smallest absolute Gasteiger partial charge is 0.226 e. The van der Waals surface area contributed by atoms with E-state index in [9.17, 15) is 4.79 Å². The second-order valence-electron chi connectivity index (χ2n) is 8.25. The van der Waals surface area contributed by atoms with Crippen LogP contribution >= 0.6 is 12.4 Å². The number of carbonyl (C=O) groups excluding carboxylic acids is 1. The highest BCUT2D eigenvalue weighted by molar-refractivity contribution is 5.85. The van der Waals surface area contributed by atoms with E-state index in [1.807, 2.05) is 24.3 Å². The number of nitrogens with zero attached hydrogens (tertiary/aromatic N) is 1. The number of nitrogens with one attached hydrogen (secondary N) is 1. The van der Waals surface area contributed by atoms with Crippen LogP contribution in [0.2, 0.25) is 0 Å². The molecule has 6 heteroatoms. The first-order chi connectivity index (χ1) is 13.1. The van der Waals surface area contributed by atoms with Crippen molar-refractivity contribution in [2.45, 2.75) is 51.5 Å². The Kier molecular flexibility index (Phi) is 6.78. The lowest BCUT2D eigenvalue weighted by atomic mass is 9.65. The minimum absolute atomic E-state index is 0. The van der Waals surface area contributed by atoms with E-state index < -0.39 is 0 Å². The number of hydrogen-bond donors (Lipinski definition) is 2. The zero-order valence-electron chi connectivity index (χ0n) is 16.4. The zero-order valence-corrected chi connectivity index (χ0v) is 17.2. The molecule has 152 valence electrons. The van der Waals surface area contributed by atoms with Crippen molar-refractivity contribution >= 4 is 18.3 Å². The Labute approximate surface area is 172 Å². The van der Waals surface area contributed by atoms with Crippen molar-refractivity contribution in [3.63, 3.8) is 0 Å². The van der Waals surface area contributed by atoms with Gasteiger partial charge in [0.05, 0.1) is 5.69 Å². The van der Waals surface area contributed by atoms with Crippen LogP contribution in [0.15, 0.2) is 34.9 Å². The van der Waals surface area contributed by atoms with Gasteiger partial charge in [-0.3, -0.25) is 4.79 Å². The molecular formula is C22H30ClN3O2. The fraction of sp³-hybridized carbons (Fsp3) is 0.545. The summed E-state index contributed by atoms with van der Waals surface area (Å²) in [6.07, 6.45) is 7.90. The molecule has 1 amide bonds. The largest absolute Gasteiger partial charge is 0.444 e. The molecule has 28 heavy (non-hydrogen) atoms. The fourth-order valence-electron chi connectivity index (χ4n) is 4.71. The van der Waals surface area contributed by atoms with Gasteiger partial charge in [0.1, 0.15) is 6.26 Å². The van der Waals surface area contributed by atoms with Crippen LogP contribution in [0, 0.1) is 24.7 Å². The van der Waals surface area contributed by atoms with Crippen molar-refractivity contribution < 1.29 is 9.21 Å². The third kappa shape index (κ3) is 4.58. The lowest BCUT2D eigenvalue weighted by Crippen LogP contribution is -2.49. The maximum Gasteiger partial charge on any atom is 0.226 e. The monoisotopic (exact) mass is 403 g/mol. The maximum atomic E-state index is 12.6. The number of amides is 1. The number of halogens is 1. The van der Waals surface area contributed by atoms with Crippen LogP contribution in [0.25, 0.3) is 11.5 Å². The molecule has 2 saturated carbocycles. The Morgan fingerprint density at radius 1 is 1.21 bits per heavy atom. The maximum absolute atomic E-state index is 12.6. The van der Waals surface area contributed by atoms with Gasteiger partial charge in [0, 0.05) is 30.5 Å². The molecule has 2 aliphatic rings. The molecular weight excluding hydrogens is 374 g/mol. The molecule has 0 saturated heterocycles. The van der Waals surface area contributed by atoms with Gasteiger partial charge in [-0.25, -0.2) is 4.98 Å². The highest BCUT2D eigenvalue weighted by Gasteiger charge is 2.40. The van der Waals surface area contributed by atoms with E-state index in [1.165, 1.54) is 24.8 Å². The molecule has 2 unspecified atom stereocenters. The molecule has 3 N–H and O–H groups in total. The van der Waals surface area contributed by atoms with Gasteiger partial charge in [0.15, 0.2) is 0 Å². The Bertz CT molecular complexity index is 775. The molecule has 2 bridgehead atoms. The van der Waals surface area contributed by atoms with Crippen molar-refractivity contribution in [2.24, 2.45) is 23.5 Å². The van der Waals surface area contributed by atoms with Crippen molar-refractivity contribution in [2.75, 3.05) is 6.54 Å². The van der Waals surface area contributed by atoms with Crippen molar-refractivity contribution in [1.82, 2.24) is 10.3 Å². The molecule has 0 radical (unpaired) electrons. The number of nitrogens with two attached hydrogens (primary N) is 1. The van der Waals surface area contributed by atoms with Gasteiger partial charge < -0.3 is 15.5 Å². The van der Waals surface area contributed by atoms with Crippen LogP contribution in [-0.2, 0) is 11.2 Å². The number of hydrogen-bond acceptors (Lipinski definition) is 4. The SMILES string of the molecule is Cc1ccc(-c2nc(CCNC(=O)C3CC4CCCC(C3)C4N)co2)cc1.Cl. The minimum atomic E-state index is 0. The number of fused-ring (bicyclic) bond motifs is 2. The number of rotatable bonds is 5. The summed E-state index contributed by atoms with van der Waals surface area (Å²) in [7, 11) is 0. The summed E-state index contributed by atoms with van der Waals surface area (Å²) in [5.74, 6) is 1.99. The first-order valence-electron chi connectivity index (χ1n) is 10.1. The first kappa shape index (κ1) is 20.9. The van der Waals surface area contributed by atoms with Crippen LogP contribution in [0.5, 0.6) is 0 Å². The van der Waals surface area contributed by atoms with E-state index >= 15 is 0 Å². The van der Waals surface area contributed by atoms with Crippen molar-refractivity contribution in [1.29, 1.82) is 0 Å². The van der Waals surface area contributed by atoms with E-state index in [0.717, 1.165) is 24.1 Å². The van der Waals surface area contributed by atoms with Crippen LogP contribution in [0.1, 0.15) is 43.4 Å². The lowest BCUT2D eigenvalue weighted by molar-refractivity contribution is -0.127. The number of oxazole rings is 1. The van der Waals surface area contributed by atoms with Gasteiger partial charge in [-0.2, -0.15) is 0 Å². The lowest BCUT2D eigenvalue weighted by Gasteiger charge is -2.43. The van der Waals surface area contributed by atoms with Crippen molar-refractivity contribution in [3.05, 3.63) is 41.8 Å². The van der Waals surface area contributed by atoms with Crippen molar-refractivity contribution in [3.8, 4) is 11.5 Å². The van der Waals surface area contributed by atoms with Gasteiger partial charge >= 0.3 is 0 Å². The van der Waals surface area contributed by atoms with E-state index in [1.54, 1.807) is 6.26 Å². The second-order valence-corrected chi connectivity index (χ2v) is 8.25. The van der Waals surface area contributed by atoms with Gasteiger partial charge in [-0.05, 0) is 56.6 Å². The Morgan fingerprint density at radius 3 is 2.57 bits per heavy atom. The molecule has 2 atom stereocenters. The number of aromatic nitrogens is 1. The normalized spacial score (nSPS) is 26.4. The molecule has 5 nitrogen and oxygen atoms in total. The molecule has 1 heterocycles. The highest BCUT2D eigenvalue weighted by Crippen LogP contribution is 2.41. The van der Waals surface area contributed by atoms with Crippen LogP contribution < -0.4 is 11.1 Å². The van der Waals surface area contributed by atoms with E-state index in [4.69, 9.17) is 10.2 Å². The molecule has 1 aromatic carbocycles. The summed E-state index contributed by atoms with van der Waals surface area (Å²) in [5.41, 5.74) is 9.38. The van der Waals surface area contributed by atoms with Crippen LogP contribution in [-0.4, -0.2) is 23.5 Å². The topological polar surface area (TPSA) is 81.2 Å². The summed E-state index contributed by atoms with van der Waals surface area (Å²) in [5, 5.41) is 3.10. The summed E-state index contributed by atoms with van der Waals surface area (Å²) >= 11 is 0. The number of benzene rings is 1. The third-order valence-corrected chi connectivity index (χ3v) is 6.31. The zero-order chi connectivity index (χ0) is 18.8. The summed E-state index contributed by atoms with van der Waals surface area (Å²) in [6, 6.07) is 8.42. The second kappa shape index (κ2) is 9.10. The molecule has 2 aliphatic carbocycles. The Hall–Kier alpha value is -1.85. The molecule has 2 fully saturated rings. The molecule has 0 aliphatic heterocycles. The fourth-order valence-corrected chi connectivity index (χ4v) is 4.71. The summed E-state index contributed by atoms with van der Waals surface area (Å²) in [6.45, 7) is 2.65. The van der Waals surface area contributed by atoms with Crippen LogP contribution in [0.4, 0.5) is 0 Å². The quantitative estimate of drug-likeness (QED) is 0.793. The summed E-state index contributed by atoms with van der Waals surface area (Å²) < 4.78 is 5.59. The van der Waals surface area contributed by atoms with E-state index in [2.05, 4.69) is 17.2 Å². The average Bonchev–Trinajstić information content (AvgIpc) is 3.11. The van der Waals surface area contributed by atoms with Gasteiger partial charge in [0.2, 0.25) is 11.8 Å². The van der Waals surface area contributed by atoms with Crippen LogP contribution in [0.3, 0.4) is 0 Å². The molecule has 2 aromatic rings. The Balaban J connectivity index is 0.00000225. The van der Waals surface area contributed by atoms with E-state index in [0.29, 0.717) is 36.7 Å².